The SMILES string of the molecule is COc1cc(N(c2ccc(-c3cnc(C)s3)c(OC)c2)c2nc3c(s2)CCCC3c2ccccc2)ccc1-c1cnc(C)s1. The number of fused-ring (bicyclic) bond motifs is 1. The van der Waals surface area contributed by atoms with E-state index in [0.717, 1.165) is 78.2 Å². The van der Waals surface area contributed by atoms with E-state index >= 15 is 0 Å². The van der Waals surface area contributed by atoms with Gasteiger partial charge in [-0.3, -0.25) is 4.90 Å². The molecular weight excluding hydrogens is 605 g/mol. The molecule has 0 saturated heterocycles. The fraction of sp³-hybridized carbons (Fsp3) is 0.229. The molecule has 0 spiro atoms. The number of nitrogens with zero attached hydrogens (tertiary/aromatic N) is 4. The zero-order valence-corrected chi connectivity index (χ0v) is 27.5. The molecule has 44 heavy (non-hydrogen) atoms. The molecule has 1 atom stereocenters. The van der Waals surface area contributed by atoms with E-state index in [1.54, 1.807) is 48.2 Å². The fourth-order valence-corrected chi connectivity index (χ4v) is 8.72. The smallest absolute Gasteiger partial charge is 0.195 e. The first kappa shape index (κ1) is 28.7. The van der Waals surface area contributed by atoms with Gasteiger partial charge in [0.15, 0.2) is 5.13 Å². The highest BCUT2D eigenvalue weighted by Crippen LogP contribution is 2.48. The van der Waals surface area contributed by atoms with Gasteiger partial charge in [0.2, 0.25) is 0 Å². The van der Waals surface area contributed by atoms with Crippen LogP contribution in [-0.4, -0.2) is 29.2 Å². The van der Waals surface area contributed by atoms with Crippen LogP contribution in [0.1, 0.15) is 44.9 Å². The summed E-state index contributed by atoms with van der Waals surface area (Å²) in [5.74, 6) is 1.89. The third-order valence-corrected chi connectivity index (χ3v) is 11.0. The highest BCUT2D eigenvalue weighted by atomic mass is 32.1. The summed E-state index contributed by atoms with van der Waals surface area (Å²) in [4.78, 5) is 20.1. The van der Waals surface area contributed by atoms with Crippen molar-refractivity contribution in [1.82, 2.24) is 15.0 Å². The summed E-state index contributed by atoms with van der Waals surface area (Å²) in [5, 5.41) is 2.99. The summed E-state index contributed by atoms with van der Waals surface area (Å²) in [5.41, 5.74) is 6.51. The molecule has 0 N–H and O–H groups in total. The largest absolute Gasteiger partial charge is 0.496 e. The predicted molar refractivity (Wildman–Crippen MR) is 183 cm³/mol. The normalized spacial score (nSPS) is 14.3. The molecule has 3 aromatic heterocycles. The van der Waals surface area contributed by atoms with Crippen molar-refractivity contribution < 1.29 is 9.47 Å². The number of methoxy groups -OCH3 is 2. The van der Waals surface area contributed by atoms with E-state index in [1.807, 2.05) is 26.2 Å². The lowest BCUT2D eigenvalue weighted by Crippen LogP contribution is -2.12. The molecule has 0 saturated carbocycles. The van der Waals surface area contributed by atoms with Crippen LogP contribution in [0.5, 0.6) is 11.5 Å². The van der Waals surface area contributed by atoms with Crippen molar-refractivity contribution in [3.63, 3.8) is 0 Å². The van der Waals surface area contributed by atoms with Gasteiger partial charge >= 0.3 is 0 Å². The number of aryl methyl sites for hydroxylation is 3. The highest BCUT2D eigenvalue weighted by Gasteiger charge is 2.29. The maximum atomic E-state index is 5.96. The van der Waals surface area contributed by atoms with E-state index in [0.29, 0.717) is 5.92 Å². The molecule has 0 aliphatic heterocycles. The third kappa shape index (κ3) is 5.40. The van der Waals surface area contributed by atoms with Gasteiger partial charge in [0.05, 0.1) is 51.1 Å². The Balaban J connectivity index is 1.37. The predicted octanol–water partition coefficient (Wildman–Crippen LogP) is 9.96. The minimum absolute atomic E-state index is 0.296. The van der Waals surface area contributed by atoms with E-state index < -0.39 is 0 Å². The zero-order valence-electron chi connectivity index (χ0n) is 25.0. The molecule has 6 nitrogen and oxygen atoms in total. The van der Waals surface area contributed by atoms with Crippen LogP contribution in [0.2, 0.25) is 0 Å². The lowest BCUT2D eigenvalue weighted by molar-refractivity contribution is 0.416. The maximum Gasteiger partial charge on any atom is 0.195 e. The second kappa shape index (κ2) is 12.1. The van der Waals surface area contributed by atoms with Crippen molar-refractivity contribution in [3.8, 4) is 32.4 Å². The molecule has 0 fully saturated rings. The topological polar surface area (TPSA) is 60.4 Å². The Bertz CT molecular complexity index is 1840. The second-order valence-corrected chi connectivity index (χ2v) is 14.3. The third-order valence-electron chi connectivity index (χ3n) is 8.00. The monoisotopic (exact) mass is 636 g/mol. The van der Waals surface area contributed by atoms with Gasteiger partial charge in [-0.2, -0.15) is 0 Å². The Morgan fingerprint density at radius 1 is 0.750 bits per heavy atom. The van der Waals surface area contributed by atoms with Crippen LogP contribution in [0, 0.1) is 13.8 Å². The first-order chi connectivity index (χ1) is 21.5. The van der Waals surface area contributed by atoms with Crippen LogP contribution >= 0.6 is 34.0 Å². The van der Waals surface area contributed by atoms with Gasteiger partial charge in [-0.25, -0.2) is 15.0 Å². The maximum absolute atomic E-state index is 5.96. The van der Waals surface area contributed by atoms with Crippen LogP contribution < -0.4 is 14.4 Å². The Labute approximate surface area is 269 Å². The number of hydrogen-bond donors (Lipinski definition) is 0. The fourth-order valence-electron chi connectivity index (χ4n) is 5.90. The number of ether oxygens (including phenoxy) is 2. The van der Waals surface area contributed by atoms with Crippen molar-refractivity contribution in [1.29, 1.82) is 0 Å². The number of aromatic nitrogens is 3. The summed E-state index contributed by atoms with van der Waals surface area (Å²) in [6, 6.07) is 23.5. The van der Waals surface area contributed by atoms with Crippen LogP contribution in [-0.2, 0) is 6.42 Å². The van der Waals surface area contributed by atoms with Crippen molar-refractivity contribution in [3.05, 3.63) is 105 Å². The Morgan fingerprint density at radius 2 is 1.34 bits per heavy atom. The van der Waals surface area contributed by atoms with Gasteiger partial charge in [0, 0.05) is 46.4 Å². The number of anilines is 3. The molecule has 6 aromatic rings. The minimum Gasteiger partial charge on any atom is -0.496 e. The summed E-state index contributed by atoms with van der Waals surface area (Å²) < 4.78 is 11.9. The van der Waals surface area contributed by atoms with E-state index in [9.17, 15) is 0 Å². The standard InChI is InChI=1S/C35H32N4O2S3/c1-21-36-19-32(42-21)27-15-13-24(17-29(27)40-3)39(25-14-16-28(30(18-25)41-4)33-20-37-22(2)43-33)35-38-34-26(11-8-12-31(34)44-35)23-9-6-5-7-10-23/h5-7,9-10,13-20,26H,8,11-12H2,1-4H3. The van der Waals surface area contributed by atoms with Crippen molar-refractivity contribution in [2.24, 2.45) is 0 Å². The average Bonchev–Trinajstić information content (AvgIpc) is 3.81. The molecule has 3 heterocycles. The van der Waals surface area contributed by atoms with Gasteiger partial charge in [-0.15, -0.1) is 34.0 Å². The first-order valence-electron chi connectivity index (χ1n) is 14.6. The zero-order chi connectivity index (χ0) is 30.2. The first-order valence-corrected chi connectivity index (χ1v) is 17.0. The Morgan fingerprint density at radius 3 is 1.86 bits per heavy atom. The van der Waals surface area contributed by atoms with Gasteiger partial charge < -0.3 is 9.47 Å². The molecule has 222 valence electrons. The van der Waals surface area contributed by atoms with Gasteiger partial charge in [-0.1, -0.05) is 30.3 Å². The van der Waals surface area contributed by atoms with Gasteiger partial charge in [0.1, 0.15) is 11.5 Å². The van der Waals surface area contributed by atoms with E-state index in [-0.39, 0.29) is 0 Å². The molecule has 9 heteroatoms. The molecule has 7 rings (SSSR count). The van der Waals surface area contributed by atoms with Crippen LogP contribution in [0.25, 0.3) is 20.9 Å². The summed E-state index contributed by atoms with van der Waals surface area (Å²) in [6.07, 6.45) is 7.14. The number of thiazole rings is 3. The van der Waals surface area contributed by atoms with Crippen LogP contribution in [0.4, 0.5) is 16.5 Å². The molecule has 0 radical (unpaired) electrons. The average molecular weight is 637 g/mol. The van der Waals surface area contributed by atoms with E-state index in [1.165, 1.54) is 16.1 Å². The van der Waals surface area contributed by atoms with Crippen molar-refractivity contribution in [2.45, 2.75) is 39.0 Å². The lowest BCUT2D eigenvalue weighted by Gasteiger charge is -2.24. The molecule has 1 aliphatic carbocycles. The molecule has 0 bridgehead atoms. The summed E-state index contributed by atoms with van der Waals surface area (Å²) >= 11 is 5.11. The number of benzene rings is 3. The van der Waals surface area contributed by atoms with Gasteiger partial charge in [-0.05, 0) is 62.9 Å². The van der Waals surface area contributed by atoms with Crippen LogP contribution in [0.3, 0.4) is 0 Å². The van der Waals surface area contributed by atoms with Crippen molar-refractivity contribution in [2.75, 3.05) is 19.1 Å². The quantitative estimate of drug-likeness (QED) is 0.166. The van der Waals surface area contributed by atoms with E-state index in [4.69, 9.17) is 14.5 Å². The number of hydrogen-bond acceptors (Lipinski definition) is 9. The second-order valence-electron chi connectivity index (χ2n) is 10.8. The Hall–Kier alpha value is -4.05. The number of rotatable bonds is 8. The van der Waals surface area contributed by atoms with Crippen LogP contribution in [0.15, 0.2) is 79.1 Å². The Kier molecular flexibility index (Phi) is 7.93. The molecule has 1 unspecified atom stereocenters. The molecule has 3 aromatic carbocycles. The summed E-state index contributed by atoms with van der Waals surface area (Å²) in [6.45, 7) is 4.04. The molecule has 1 aliphatic rings. The van der Waals surface area contributed by atoms with E-state index in [2.05, 4.69) is 81.6 Å². The summed E-state index contributed by atoms with van der Waals surface area (Å²) in [7, 11) is 3.45. The molecule has 0 amide bonds. The highest BCUT2D eigenvalue weighted by molar-refractivity contribution is 7.16. The van der Waals surface area contributed by atoms with Crippen molar-refractivity contribution >= 4 is 50.5 Å². The lowest BCUT2D eigenvalue weighted by atomic mass is 9.85. The van der Waals surface area contributed by atoms with Gasteiger partial charge in [0.25, 0.3) is 0 Å². The minimum atomic E-state index is 0.296. The molecular formula is C35H32N4O2S3.